The SMILES string of the molecule is CNC1CCN(C(=O)C2CNNC2c2ccc(OC)cc2)CC1. The number of hydrazine groups is 1. The Hall–Kier alpha value is -1.63. The molecule has 1 aromatic carbocycles. The molecule has 2 fully saturated rings. The number of carbonyl (C=O) groups excluding carboxylic acids is 1. The lowest BCUT2D eigenvalue weighted by molar-refractivity contribution is -0.136. The van der Waals surface area contributed by atoms with Crippen LogP contribution in [0.1, 0.15) is 24.4 Å². The molecule has 1 amide bonds. The van der Waals surface area contributed by atoms with Crippen LogP contribution in [0.15, 0.2) is 24.3 Å². The van der Waals surface area contributed by atoms with E-state index in [4.69, 9.17) is 4.74 Å². The molecule has 2 saturated heterocycles. The third-order valence-corrected chi connectivity index (χ3v) is 4.99. The summed E-state index contributed by atoms with van der Waals surface area (Å²) in [6.45, 7) is 2.35. The first-order chi connectivity index (χ1) is 11.2. The van der Waals surface area contributed by atoms with Crippen LogP contribution in [0, 0.1) is 5.92 Å². The zero-order valence-electron chi connectivity index (χ0n) is 13.8. The summed E-state index contributed by atoms with van der Waals surface area (Å²) < 4.78 is 5.20. The summed E-state index contributed by atoms with van der Waals surface area (Å²) >= 11 is 0. The fourth-order valence-corrected chi connectivity index (χ4v) is 3.48. The standard InChI is InChI=1S/C17H26N4O2/c1-18-13-7-9-21(10-8-13)17(22)15-11-19-20-16(15)12-3-5-14(23-2)6-4-12/h3-6,13,15-16,18-20H,7-11H2,1-2H3. The highest BCUT2D eigenvalue weighted by Gasteiger charge is 2.37. The average Bonchev–Trinajstić information content (AvgIpc) is 3.11. The van der Waals surface area contributed by atoms with Crippen molar-refractivity contribution in [2.45, 2.75) is 24.9 Å². The Labute approximate surface area is 137 Å². The summed E-state index contributed by atoms with van der Waals surface area (Å²) in [5.74, 6) is 1.02. The number of rotatable bonds is 4. The largest absolute Gasteiger partial charge is 0.497 e. The van der Waals surface area contributed by atoms with Crippen molar-refractivity contribution in [3.8, 4) is 5.75 Å². The molecule has 0 spiro atoms. The van der Waals surface area contributed by atoms with E-state index in [1.165, 1.54) is 0 Å². The molecule has 2 heterocycles. The first kappa shape index (κ1) is 16.2. The Bertz CT molecular complexity index is 526. The molecular weight excluding hydrogens is 292 g/mol. The van der Waals surface area contributed by atoms with E-state index < -0.39 is 0 Å². The molecule has 2 aliphatic heterocycles. The van der Waals surface area contributed by atoms with Crippen molar-refractivity contribution in [2.24, 2.45) is 5.92 Å². The second-order valence-corrected chi connectivity index (χ2v) is 6.27. The van der Waals surface area contributed by atoms with Crippen LogP contribution >= 0.6 is 0 Å². The van der Waals surface area contributed by atoms with Gasteiger partial charge in [-0.05, 0) is 37.6 Å². The number of piperidine rings is 1. The highest BCUT2D eigenvalue weighted by atomic mass is 16.5. The summed E-state index contributed by atoms with van der Waals surface area (Å²) in [5.41, 5.74) is 7.51. The normalized spacial score (nSPS) is 25.6. The number of methoxy groups -OCH3 is 1. The number of amides is 1. The minimum Gasteiger partial charge on any atom is -0.497 e. The average molecular weight is 318 g/mol. The quantitative estimate of drug-likeness (QED) is 0.761. The molecule has 6 nitrogen and oxygen atoms in total. The Balaban J connectivity index is 1.67. The summed E-state index contributed by atoms with van der Waals surface area (Å²) in [6, 6.07) is 8.48. The molecule has 0 aliphatic carbocycles. The van der Waals surface area contributed by atoms with Crippen molar-refractivity contribution in [3.05, 3.63) is 29.8 Å². The first-order valence-corrected chi connectivity index (χ1v) is 8.31. The van der Waals surface area contributed by atoms with Crippen molar-refractivity contribution < 1.29 is 9.53 Å². The van der Waals surface area contributed by atoms with Crippen molar-refractivity contribution in [1.82, 2.24) is 21.1 Å². The molecule has 23 heavy (non-hydrogen) atoms. The highest BCUT2D eigenvalue weighted by Crippen LogP contribution is 2.28. The van der Waals surface area contributed by atoms with Gasteiger partial charge in [0.05, 0.1) is 19.1 Å². The van der Waals surface area contributed by atoms with Crippen molar-refractivity contribution >= 4 is 5.91 Å². The van der Waals surface area contributed by atoms with Crippen LogP contribution in [0.2, 0.25) is 0 Å². The van der Waals surface area contributed by atoms with Crippen LogP contribution in [-0.2, 0) is 4.79 Å². The van der Waals surface area contributed by atoms with Crippen molar-refractivity contribution in [1.29, 1.82) is 0 Å². The fraction of sp³-hybridized carbons (Fsp3) is 0.588. The maximum Gasteiger partial charge on any atom is 0.229 e. The van der Waals surface area contributed by atoms with Gasteiger partial charge in [0.15, 0.2) is 0 Å². The third kappa shape index (κ3) is 3.49. The Kier molecular flexibility index (Phi) is 5.15. The molecule has 0 radical (unpaired) electrons. The third-order valence-electron chi connectivity index (χ3n) is 4.99. The molecule has 0 saturated carbocycles. The van der Waals surface area contributed by atoms with Gasteiger partial charge in [-0.15, -0.1) is 0 Å². The Morgan fingerprint density at radius 1 is 1.26 bits per heavy atom. The minimum atomic E-state index is -0.0606. The number of benzene rings is 1. The number of nitrogens with one attached hydrogen (secondary N) is 3. The van der Waals surface area contributed by atoms with Gasteiger partial charge in [-0.1, -0.05) is 12.1 Å². The van der Waals surface area contributed by atoms with Crippen molar-refractivity contribution in [2.75, 3.05) is 33.8 Å². The van der Waals surface area contributed by atoms with E-state index in [2.05, 4.69) is 16.2 Å². The maximum absolute atomic E-state index is 12.9. The van der Waals surface area contributed by atoms with Gasteiger partial charge in [0.1, 0.15) is 5.75 Å². The number of likely N-dealkylation sites (tertiary alicyclic amines) is 1. The van der Waals surface area contributed by atoms with E-state index in [0.717, 1.165) is 37.2 Å². The van der Waals surface area contributed by atoms with E-state index in [1.807, 2.05) is 36.2 Å². The molecule has 0 bridgehead atoms. The topological polar surface area (TPSA) is 65.6 Å². The summed E-state index contributed by atoms with van der Waals surface area (Å²) in [4.78, 5) is 14.9. The van der Waals surface area contributed by atoms with Crippen LogP contribution in [0.4, 0.5) is 0 Å². The van der Waals surface area contributed by atoms with Crippen LogP contribution in [-0.4, -0.2) is 50.6 Å². The van der Waals surface area contributed by atoms with Gasteiger partial charge in [-0.2, -0.15) is 0 Å². The van der Waals surface area contributed by atoms with E-state index in [1.54, 1.807) is 7.11 Å². The number of ether oxygens (including phenoxy) is 1. The van der Waals surface area contributed by atoms with Crippen molar-refractivity contribution in [3.63, 3.8) is 0 Å². The molecule has 3 rings (SSSR count). The number of nitrogens with zero attached hydrogens (tertiary/aromatic N) is 1. The predicted octanol–water partition coefficient (Wildman–Crippen LogP) is 0.671. The fourth-order valence-electron chi connectivity index (χ4n) is 3.48. The number of hydrogen-bond donors (Lipinski definition) is 3. The molecule has 2 aliphatic rings. The van der Waals surface area contributed by atoms with Gasteiger partial charge < -0.3 is 15.0 Å². The van der Waals surface area contributed by atoms with Crippen LogP contribution in [0.5, 0.6) is 5.75 Å². The second kappa shape index (κ2) is 7.29. The number of hydrogen-bond acceptors (Lipinski definition) is 5. The molecule has 2 atom stereocenters. The molecule has 0 aromatic heterocycles. The molecular formula is C17H26N4O2. The first-order valence-electron chi connectivity index (χ1n) is 8.31. The van der Waals surface area contributed by atoms with Gasteiger partial charge in [0.25, 0.3) is 0 Å². The van der Waals surface area contributed by atoms with Crippen LogP contribution in [0.3, 0.4) is 0 Å². The van der Waals surface area contributed by atoms with Gasteiger partial charge in [-0.3, -0.25) is 10.2 Å². The minimum absolute atomic E-state index is 0.00966. The van der Waals surface area contributed by atoms with Gasteiger partial charge in [0.2, 0.25) is 5.91 Å². The maximum atomic E-state index is 12.9. The zero-order valence-corrected chi connectivity index (χ0v) is 13.8. The summed E-state index contributed by atoms with van der Waals surface area (Å²) in [7, 11) is 3.65. The lowest BCUT2D eigenvalue weighted by Gasteiger charge is -2.34. The Morgan fingerprint density at radius 2 is 1.96 bits per heavy atom. The van der Waals surface area contributed by atoms with Gasteiger partial charge in [-0.25, -0.2) is 5.43 Å². The zero-order chi connectivity index (χ0) is 16.2. The monoisotopic (exact) mass is 318 g/mol. The molecule has 2 unspecified atom stereocenters. The van der Waals surface area contributed by atoms with E-state index in [0.29, 0.717) is 12.6 Å². The number of carbonyl (C=O) groups is 1. The smallest absolute Gasteiger partial charge is 0.229 e. The van der Waals surface area contributed by atoms with Gasteiger partial charge >= 0.3 is 0 Å². The second-order valence-electron chi connectivity index (χ2n) is 6.27. The summed E-state index contributed by atoms with van der Waals surface area (Å²) in [6.07, 6.45) is 2.06. The summed E-state index contributed by atoms with van der Waals surface area (Å²) in [5, 5.41) is 3.30. The van der Waals surface area contributed by atoms with Crippen LogP contribution in [0.25, 0.3) is 0 Å². The lowest BCUT2D eigenvalue weighted by Crippen LogP contribution is -2.47. The predicted molar refractivity (Wildman–Crippen MR) is 89.0 cm³/mol. The lowest BCUT2D eigenvalue weighted by atomic mass is 9.92. The van der Waals surface area contributed by atoms with E-state index in [9.17, 15) is 4.79 Å². The molecule has 1 aromatic rings. The molecule has 126 valence electrons. The highest BCUT2D eigenvalue weighted by molar-refractivity contribution is 5.80. The van der Waals surface area contributed by atoms with E-state index in [-0.39, 0.29) is 17.9 Å². The molecule has 6 heteroatoms. The van der Waals surface area contributed by atoms with E-state index >= 15 is 0 Å². The Morgan fingerprint density at radius 3 is 2.57 bits per heavy atom. The van der Waals surface area contributed by atoms with Gasteiger partial charge in [0, 0.05) is 25.7 Å². The van der Waals surface area contributed by atoms with Crippen LogP contribution < -0.4 is 20.9 Å². The molecule has 3 N–H and O–H groups in total.